The molecule has 1 aliphatic heterocycles. The summed E-state index contributed by atoms with van der Waals surface area (Å²) in [5.41, 5.74) is 1.67. The van der Waals surface area contributed by atoms with Crippen LogP contribution in [0.15, 0.2) is 48.5 Å². The first-order valence-corrected chi connectivity index (χ1v) is 8.44. The zero-order chi connectivity index (χ0) is 17.4. The molecule has 2 aliphatic rings. The lowest BCUT2D eigenvalue weighted by molar-refractivity contribution is 0.0317. The van der Waals surface area contributed by atoms with Crippen molar-refractivity contribution in [3.63, 3.8) is 0 Å². The fourth-order valence-corrected chi connectivity index (χ4v) is 3.40. The van der Waals surface area contributed by atoms with Crippen molar-refractivity contribution in [2.24, 2.45) is 0 Å². The number of hydrogen-bond acceptors (Lipinski definition) is 4. The normalized spacial score (nSPS) is 17.0. The molecule has 1 aliphatic carbocycles. The summed E-state index contributed by atoms with van der Waals surface area (Å²) in [6.45, 7) is 0. The Labute approximate surface area is 145 Å². The van der Waals surface area contributed by atoms with Crippen LogP contribution in [0, 0.1) is 0 Å². The number of carbonyl (C=O) groups is 3. The predicted molar refractivity (Wildman–Crippen MR) is 91.7 cm³/mol. The SMILES string of the molecule is O=C(OC1CCCC1)c1ccc(N2C(=O)c3ccccc3C2=O)cc1. The average molecular weight is 335 g/mol. The highest BCUT2D eigenvalue weighted by Crippen LogP contribution is 2.29. The minimum atomic E-state index is -0.360. The Bertz CT molecular complexity index is 815. The summed E-state index contributed by atoms with van der Waals surface area (Å²) < 4.78 is 5.47. The first-order valence-electron chi connectivity index (χ1n) is 8.44. The molecule has 126 valence electrons. The van der Waals surface area contributed by atoms with Crippen LogP contribution < -0.4 is 4.90 Å². The van der Waals surface area contributed by atoms with Gasteiger partial charge in [0.1, 0.15) is 6.10 Å². The molecule has 0 atom stereocenters. The van der Waals surface area contributed by atoms with Gasteiger partial charge in [0, 0.05) is 0 Å². The van der Waals surface area contributed by atoms with Crippen molar-refractivity contribution >= 4 is 23.5 Å². The number of nitrogens with zero attached hydrogens (tertiary/aromatic N) is 1. The second-order valence-electron chi connectivity index (χ2n) is 6.35. The maximum atomic E-state index is 12.5. The number of anilines is 1. The smallest absolute Gasteiger partial charge is 0.338 e. The summed E-state index contributed by atoms with van der Waals surface area (Å²) in [6.07, 6.45) is 4.02. The number of imide groups is 1. The maximum Gasteiger partial charge on any atom is 0.338 e. The summed E-state index contributed by atoms with van der Waals surface area (Å²) >= 11 is 0. The summed E-state index contributed by atoms with van der Waals surface area (Å²) in [7, 11) is 0. The molecule has 0 radical (unpaired) electrons. The molecule has 2 amide bonds. The van der Waals surface area contributed by atoms with Crippen LogP contribution in [0.2, 0.25) is 0 Å². The third kappa shape index (κ3) is 2.71. The van der Waals surface area contributed by atoms with E-state index < -0.39 is 0 Å². The van der Waals surface area contributed by atoms with E-state index in [0.29, 0.717) is 22.4 Å². The van der Waals surface area contributed by atoms with Crippen LogP contribution >= 0.6 is 0 Å². The number of amides is 2. The van der Waals surface area contributed by atoms with Crippen molar-refractivity contribution in [1.29, 1.82) is 0 Å². The van der Waals surface area contributed by atoms with Gasteiger partial charge < -0.3 is 4.74 Å². The molecule has 0 spiro atoms. The fraction of sp³-hybridized carbons (Fsp3) is 0.250. The number of fused-ring (bicyclic) bond motifs is 1. The molecule has 1 fully saturated rings. The number of rotatable bonds is 3. The van der Waals surface area contributed by atoms with E-state index in [2.05, 4.69) is 0 Å². The van der Waals surface area contributed by atoms with E-state index in [0.717, 1.165) is 30.6 Å². The van der Waals surface area contributed by atoms with Crippen LogP contribution in [0.25, 0.3) is 0 Å². The monoisotopic (exact) mass is 335 g/mol. The highest BCUT2D eigenvalue weighted by molar-refractivity contribution is 6.34. The summed E-state index contributed by atoms with van der Waals surface area (Å²) in [4.78, 5) is 38.2. The van der Waals surface area contributed by atoms with Crippen molar-refractivity contribution in [2.75, 3.05) is 4.90 Å². The lowest BCUT2D eigenvalue weighted by Crippen LogP contribution is -2.29. The fourth-order valence-electron chi connectivity index (χ4n) is 3.40. The minimum absolute atomic E-state index is 0.00316. The molecule has 5 heteroatoms. The van der Waals surface area contributed by atoms with E-state index in [1.807, 2.05) is 0 Å². The molecule has 25 heavy (non-hydrogen) atoms. The van der Waals surface area contributed by atoms with E-state index >= 15 is 0 Å². The highest BCUT2D eigenvalue weighted by atomic mass is 16.5. The van der Waals surface area contributed by atoms with Gasteiger partial charge in [-0.1, -0.05) is 12.1 Å². The van der Waals surface area contributed by atoms with Crippen LogP contribution in [0.4, 0.5) is 5.69 Å². The van der Waals surface area contributed by atoms with Crippen LogP contribution in [0.3, 0.4) is 0 Å². The summed E-state index contributed by atoms with van der Waals surface area (Å²) in [6, 6.07) is 13.1. The van der Waals surface area contributed by atoms with E-state index in [-0.39, 0.29) is 23.9 Å². The van der Waals surface area contributed by atoms with Crippen LogP contribution in [-0.4, -0.2) is 23.9 Å². The summed E-state index contributed by atoms with van der Waals surface area (Å²) in [5, 5.41) is 0. The maximum absolute atomic E-state index is 12.5. The Morgan fingerprint density at radius 2 is 1.44 bits per heavy atom. The molecule has 0 saturated heterocycles. The van der Waals surface area contributed by atoms with Gasteiger partial charge in [0.25, 0.3) is 11.8 Å². The van der Waals surface area contributed by atoms with Crippen LogP contribution in [0.5, 0.6) is 0 Å². The van der Waals surface area contributed by atoms with Gasteiger partial charge >= 0.3 is 5.97 Å². The van der Waals surface area contributed by atoms with Gasteiger partial charge in [-0.3, -0.25) is 9.59 Å². The number of hydrogen-bond donors (Lipinski definition) is 0. The minimum Gasteiger partial charge on any atom is -0.459 e. The van der Waals surface area contributed by atoms with E-state index in [4.69, 9.17) is 4.74 Å². The Morgan fingerprint density at radius 1 is 0.880 bits per heavy atom. The first-order chi connectivity index (χ1) is 12.1. The molecule has 2 aromatic carbocycles. The third-order valence-electron chi connectivity index (χ3n) is 4.73. The lowest BCUT2D eigenvalue weighted by Gasteiger charge is -2.15. The largest absolute Gasteiger partial charge is 0.459 e. The Balaban J connectivity index is 1.54. The molecule has 0 unspecified atom stereocenters. The second kappa shape index (κ2) is 6.16. The summed E-state index contributed by atoms with van der Waals surface area (Å²) in [5.74, 6) is -1.05. The molecule has 1 heterocycles. The average Bonchev–Trinajstić information content (AvgIpc) is 3.23. The number of esters is 1. The van der Waals surface area contributed by atoms with Gasteiger partial charge in [-0.2, -0.15) is 0 Å². The molecule has 0 N–H and O–H groups in total. The molecule has 2 aromatic rings. The molecule has 5 nitrogen and oxygen atoms in total. The van der Waals surface area contributed by atoms with Crippen molar-refractivity contribution in [2.45, 2.75) is 31.8 Å². The molecular formula is C20H17NO4. The van der Waals surface area contributed by atoms with Crippen LogP contribution in [-0.2, 0) is 4.74 Å². The van der Waals surface area contributed by atoms with Gasteiger partial charge in [0.2, 0.25) is 0 Å². The Kier molecular flexibility index (Phi) is 3.84. The zero-order valence-corrected chi connectivity index (χ0v) is 13.6. The van der Waals surface area contributed by atoms with E-state index in [9.17, 15) is 14.4 Å². The first kappa shape index (κ1) is 15.6. The van der Waals surface area contributed by atoms with Crippen molar-refractivity contribution in [3.05, 3.63) is 65.2 Å². The Morgan fingerprint density at radius 3 is 2.00 bits per heavy atom. The van der Waals surface area contributed by atoms with Crippen LogP contribution in [0.1, 0.15) is 56.8 Å². The number of benzene rings is 2. The topological polar surface area (TPSA) is 63.7 Å². The predicted octanol–water partition coefficient (Wildman–Crippen LogP) is 3.59. The third-order valence-corrected chi connectivity index (χ3v) is 4.73. The molecular weight excluding hydrogens is 318 g/mol. The van der Waals surface area contributed by atoms with Gasteiger partial charge in [0.05, 0.1) is 22.4 Å². The van der Waals surface area contributed by atoms with Crippen molar-refractivity contribution < 1.29 is 19.1 Å². The number of carbonyl (C=O) groups excluding carboxylic acids is 3. The van der Waals surface area contributed by atoms with Gasteiger partial charge in [0.15, 0.2) is 0 Å². The van der Waals surface area contributed by atoms with E-state index in [1.165, 1.54) is 0 Å². The van der Waals surface area contributed by atoms with E-state index in [1.54, 1.807) is 48.5 Å². The van der Waals surface area contributed by atoms with Gasteiger partial charge in [-0.05, 0) is 62.1 Å². The Hall–Kier alpha value is -2.95. The molecule has 0 aromatic heterocycles. The molecule has 0 bridgehead atoms. The highest BCUT2D eigenvalue weighted by Gasteiger charge is 2.36. The standard InChI is InChI=1S/C20H17NO4/c22-18-16-7-3-4-8-17(16)19(23)21(18)14-11-9-13(10-12-14)20(24)25-15-5-1-2-6-15/h3-4,7-12,15H,1-2,5-6H2. The lowest BCUT2D eigenvalue weighted by atomic mass is 10.1. The van der Waals surface area contributed by atoms with Gasteiger partial charge in [-0.25, -0.2) is 9.69 Å². The molecule has 1 saturated carbocycles. The van der Waals surface area contributed by atoms with Crippen molar-refractivity contribution in [3.8, 4) is 0 Å². The number of ether oxygens (including phenoxy) is 1. The molecule has 4 rings (SSSR count). The second-order valence-corrected chi connectivity index (χ2v) is 6.35. The zero-order valence-electron chi connectivity index (χ0n) is 13.6. The van der Waals surface area contributed by atoms with Gasteiger partial charge in [-0.15, -0.1) is 0 Å². The quantitative estimate of drug-likeness (QED) is 0.635. The van der Waals surface area contributed by atoms with Crippen molar-refractivity contribution in [1.82, 2.24) is 0 Å².